The third-order valence-electron chi connectivity index (χ3n) is 3.51. The Morgan fingerprint density at radius 1 is 1.40 bits per heavy atom. The lowest BCUT2D eigenvalue weighted by atomic mass is 10.1. The molecule has 0 radical (unpaired) electrons. The molecule has 0 spiro atoms. The van der Waals surface area contributed by atoms with Crippen LogP contribution in [0.1, 0.15) is 26.3 Å². The number of hydrogen-bond acceptors (Lipinski definition) is 4. The fourth-order valence-electron chi connectivity index (χ4n) is 2.43. The maximum absolute atomic E-state index is 5.96. The normalized spacial score (nSPS) is 20.1. The van der Waals surface area contributed by atoms with Gasteiger partial charge in [0, 0.05) is 24.7 Å². The Bertz CT molecular complexity index is 434. The van der Waals surface area contributed by atoms with Crippen LogP contribution in [0.5, 0.6) is 11.5 Å². The van der Waals surface area contributed by atoms with Crippen molar-refractivity contribution in [2.45, 2.75) is 39.5 Å². The van der Waals surface area contributed by atoms with E-state index < -0.39 is 0 Å². The highest BCUT2D eigenvalue weighted by Gasteiger charge is 2.21. The third kappa shape index (κ3) is 3.64. The fourth-order valence-corrected chi connectivity index (χ4v) is 2.43. The summed E-state index contributed by atoms with van der Waals surface area (Å²) in [6.45, 7) is 9.69. The van der Waals surface area contributed by atoms with Gasteiger partial charge in [-0.2, -0.15) is 0 Å². The van der Waals surface area contributed by atoms with E-state index in [9.17, 15) is 0 Å². The molecule has 0 saturated carbocycles. The maximum atomic E-state index is 5.96. The molecule has 1 aliphatic heterocycles. The molecule has 2 rings (SSSR count). The van der Waals surface area contributed by atoms with E-state index >= 15 is 0 Å². The predicted octanol–water partition coefficient (Wildman–Crippen LogP) is 2.70. The van der Waals surface area contributed by atoms with Gasteiger partial charge in [0.2, 0.25) is 0 Å². The van der Waals surface area contributed by atoms with Gasteiger partial charge in [-0.15, -0.1) is 0 Å². The number of hydrogen-bond donors (Lipinski definition) is 0. The van der Waals surface area contributed by atoms with Crippen molar-refractivity contribution in [3.63, 3.8) is 0 Å². The second-order valence-corrected chi connectivity index (χ2v) is 5.51. The molecule has 0 aromatic heterocycles. The molecular formula is C16H25NO3. The van der Waals surface area contributed by atoms with Gasteiger partial charge in [-0.3, -0.25) is 4.90 Å². The largest absolute Gasteiger partial charge is 0.493 e. The van der Waals surface area contributed by atoms with Crippen molar-refractivity contribution in [3.05, 3.63) is 23.8 Å². The van der Waals surface area contributed by atoms with Crippen LogP contribution in [0.2, 0.25) is 0 Å². The molecule has 1 saturated heterocycles. The minimum atomic E-state index is 0.132. The molecule has 1 heterocycles. The molecule has 1 atom stereocenters. The fraction of sp³-hybridized carbons (Fsp3) is 0.625. The van der Waals surface area contributed by atoms with Gasteiger partial charge in [-0.25, -0.2) is 0 Å². The summed E-state index contributed by atoms with van der Waals surface area (Å²) in [5, 5.41) is 0. The van der Waals surface area contributed by atoms with Crippen LogP contribution in [0.15, 0.2) is 18.2 Å². The minimum Gasteiger partial charge on any atom is -0.493 e. The smallest absolute Gasteiger partial charge is 0.166 e. The first-order valence-electron chi connectivity index (χ1n) is 7.26. The Kier molecular flexibility index (Phi) is 5.26. The van der Waals surface area contributed by atoms with Crippen molar-refractivity contribution in [2.24, 2.45) is 0 Å². The predicted molar refractivity (Wildman–Crippen MR) is 79.4 cm³/mol. The highest BCUT2D eigenvalue weighted by molar-refractivity contribution is 5.46. The Labute approximate surface area is 121 Å². The van der Waals surface area contributed by atoms with E-state index in [0.717, 1.165) is 37.8 Å². The van der Waals surface area contributed by atoms with Gasteiger partial charge >= 0.3 is 0 Å². The van der Waals surface area contributed by atoms with Gasteiger partial charge in [-0.1, -0.05) is 12.1 Å². The van der Waals surface area contributed by atoms with E-state index in [1.807, 2.05) is 26.0 Å². The number of para-hydroxylation sites is 1. The lowest BCUT2D eigenvalue weighted by Gasteiger charge is -2.33. The van der Waals surface area contributed by atoms with Crippen LogP contribution in [0.4, 0.5) is 0 Å². The van der Waals surface area contributed by atoms with Gasteiger partial charge < -0.3 is 14.2 Å². The number of benzene rings is 1. The van der Waals surface area contributed by atoms with E-state index in [1.165, 1.54) is 5.56 Å². The molecule has 1 aromatic carbocycles. The van der Waals surface area contributed by atoms with E-state index in [-0.39, 0.29) is 6.10 Å². The zero-order valence-corrected chi connectivity index (χ0v) is 12.9. The van der Waals surface area contributed by atoms with Crippen LogP contribution in [-0.4, -0.2) is 43.9 Å². The highest BCUT2D eigenvalue weighted by atomic mass is 16.5. The quantitative estimate of drug-likeness (QED) is 0.829. The van der Waals surface area contributed by atoms with Crippen molar-refractivity contribution in [2.75, 3.05) is 26.9 Å². The van der Waals surface area contributed by atoms with Crippen molar-refractivity contribution in [1.29, 1.82) is 0 Å². The van der Waals surface area contributed by atoms with Crippen LogP contribution in [0.3, 0.4) is 0 Å². The molecule has 1 aliphatic rings. The van der Waals surface area contributed by atoms with E-state index in [0.29, 0.717) is 6.04 Å². The van der Waals surface area contributed by atoms with Crippen molar-refractivity contribution in [1.82, 2.24) is 4.90 Å². The first kappa shape index (κ1) is 15.1. The summed E-state index contributed by atoms with van der Waals surface area (Å²) in [7, 11) is 1.68. The topological polar surface area (TPSA) is 30.9 Å². The summed E-state index contributed by atoms with van der Waals surface area (Å²) >= 11 is 0. The summed E-state index contributed by atoms with van der Waals surface area (Å²) < 4.78 is 16.9. The molecule has 1 fully saturated rings. The summed E-state index contributed by atoms with van der Waals surface area (Å²) in [5.74, 6) is 1.67. The molecule has 0 aliphatic carbocycles. The van der Waals surface area contributed by atoms with Crippen LogP contribution >= 0.6 is 0 Å². The Morgan fingerprint density at radius 3 is 2.85 bits per heavy atom. The second kappa shape index (κ2) is 6.95. The first-order chi connectivity index (χ1) is 9.61. The van der Waals surface area contributed by atoms with Crippen molar-refractivity contribution >= 4 is 0 Å². The van der Waals surface area contributed by atoms with Crippen LogP contribution in [0.25, 0.3) is 0 Å². The minimum absolute atomic E-state index is 0.132. The third-order valence-corrected chi connectivity index (χ3v) is 3.51. The van der Waals surface area contributed by atoms with Gasteiger partial charge in [0.15, 0.2) is 11.5 Å². The first-order valence-corrected chi connectivity index (χ1v) is 7.26. The second-order valence-electron chi connectivity index (χ2n) is 5.51. The Balaban J connectivity index is 2.21. The number of nitrogens with zero attached hydrogens (tertiary/aromatic N) is 1. The number of methoxy groups -OCH3 is 1. The van der Waals surface area contributed by atoms with Gasteiger partial charge in [0.05, 0.1) is 26.4 Å². The van der Waals surface area contributed by atoms with Crippen molar-refractivity contribution < 1.29 is 14.2 Å². The average molecular weight is 279 g/mol. The molecule has 0 amide bonds. The summed E-state index contributed by atoms with van der Waals surface area (Å²) in [5.41, 5.74) is 1.17. The van der Waals surface area contributed by atoms with E-state index in [4.69, 9.17) is 14.2 Å². The standard InChI is InChI=1S/C16H25NO3/c1-12(2)20-16-14(6-5-7-15(16)18-4)10-17-8-9-19-11-13(17)3/h5-7,12-13H,8-11H2,1-4H3. The number of ether oxygens (including phenoxy) is 3. The summed E-state index contributed by atoms with van der Waals surface area (Å²) in [6, 6.07) is 6.51. The molecule has 4 nitrogen and oxygen atoms in total. The summed E-state index contributed by atoms with van der Waals surface area (Å²) in [4.78, 5) is 2.42. The van der Waals surface area contributed by atoms with Crippen LogP contribution in [0, 0.1) is 0 Å². The molecule has 4 heteroatoms. The Morgan fingerprint density at radius 2 is 2.20 bits per heavy atom. The van der Waals surface area contributed by atoms with Crippen LogP contribution in [-0.2, 0) is 11.3 Å². The molecule has 1 aromatic rings. The van der Waals surface area contributed by atoms with Crippen LogP contribution < -0.4 is 9.47 Å². The summed E-state index contributed by atoms with van der Waals surface area (Å²) in [6.07, 6.45) is 0.132. The molecule has 20 heavy (non-hydrogen) atoms. The molecule has 1 unspecified atom stereocenters. The van der Waals surface area contributed by atoms with Gasteiger partial charge in [0.25, 0.3) is 0 Å². The SMILES string of the molecule is COc1cccc(CN2CCOCC2C)c1OC(C)C. The number of morpholine rings is 1. The zero-order chi connectivity index (χ0) is 14.5. The monoisotopic (exact) mass is 279 g/mol. The van der Waals surface area contributed by atoms with Gasteiger partial charge in [-0.05, 0) is 26.8 Å². The lowest BCUT2D eigenvalue weighted by molar-refractivity contribution is -0.00484. The van der Waals surface area contributed by atoms with Gasteiger partial charge in [0.1, 0.15) is 0 Å². The average Bonchev–Trinajstić information content (AvgIpc) is 2.42. The number of rotatable bonds is 5. The van der Waals surface area contributed by atoms with E-state index in [2.05, 4.69) is 17.9 Å². The molecule has 112 valence electrons. The molecular weight excluding hydrogens is 254 g/mol. The zero-order valence-electron chi connectivity index (χ0n) is 12.9. The lowest BCUT2D eigenvalue weighted by Crippen LogP contribution is -2.43. The van der Waals surface area contributed by atoms with Crippen molar-refractivity contribution in [3.8, 4) is 11.5 Å². The van der Waals surface area contributed by atoms with E-state index in [1.54, 1.807) is 7.11 Å². The molecule has 0 N–H and O–H groups in total. The molecule has 0 bridgehead atoms. The Hall–Kier alpha value is -1.26. The highest BCUT2D eigenvalue weighted by Crippen LogP contribution is 2.33. The maximum Gasteiger partial charge on any atom is 0.166 e.